The van der Waals surface area contributed by atoms with Crippen molar-refractivity contribution >= 4 is 16.9 Å². The SMILES string of the molecule is Cn1cnn(Cc2ccc3oc(C(=O)O)cc3c2)c1=O. The van der Waals surface area contributed by atoms with E-state index in [9.17, 15) is 9.59 Å². The summed E-state index contributed by atoms with van der Waals surface area (Å²) in [5, 5.41) is 13.5. The lowest BCUT2D eigenvalue weighted by atomic mass is 10.1. The molecule has 0 bridgehead atoms. The van der Waals surface area contributed by atoms with E-state index >= 15 is 0 Å². The number of hydrogen-bond acceptors (Lipinski definition) is 4. The van der Waals surface area contributed by atoms with Crippen LogP contribution in [0.15, 0.2) is 39.8 Å². The zero-order valence-electron chi connectivity index (χ0n) is 10.6. The Morgan fingerprint density at radius 2 is 2.20 bits per heavy atom. The summed E-state index contributed by atoms with van der Waals surface area (Å²) in [4.78, 5) is 22.5. The average molecular weight is 273 g/mol. The van der Waals surface area contributed by atoms with E-state index < -0.39 is 5.97 Å². The molecule has 0 amide bonds. The molecule has 20 heavy (non-hydrogen) atoms. The van der Waals surface area contributed by atoms with Gasteiger partial charge in [0.05, 0.1) is 6.54 Å². The summed E-state index contributed by atoms with van der Waals surface area (Å²) in [5.74, 6) is -1.21. The van der Waals surface area contributed by atoms with Crippen LogP contribution in [0.2, 0.25) is 0 Å². The minimum absolute atomic E-state index is 0.104. The fraction of sp³-hybridized carbons (Fsp3) is 0.154. The van der Waals surface area contributed by atoms with E-state index in [-0.39, 0.29) is 11.4 Å². The Hall–Kier alpha value is -2.83. The summed E-state index contributed by atoms with van der Waals surface area (Å²) in [7, 11) is 1.63. The number of nitrogens with zero attached hydrogens (tertiary/aromatic N) is 3. The van der Waals surface area contributed by atoms with E-state index in [2.05, 4.69) is 5.10 Å². The van der Waals surface area contributed by atoms with Crippen molar-refractivity contribution in [2.45, 2.75) is 6.54 Å². The second kappa shape index (κ2) is 4.37. The summed E-state index contributed by atoms with van der Waals surface area (Å²) < 4.78 is 7.90. The monoisotopic (exact) mass is 273 g/mol. The van der Waals surface area contributed by atoms with Crippen molar-refractivity contribution in [3.05, 3.63) is 52.4 Å². The Labute approximate surface area is 112 Å². The number of furan rings is 1. The number of aromatic nitrogens is 3. The van der Waals surface area contributed by atoms with Crippen LogP contribution in [0.25, 0.3) is 11.0 Å². The van der Waals surface area contributed by atoms with Crippen LogP contribution in [-0.2, 0) is 13.6 Å². The lowest BCUT2D eigenvalue weighted by Crippen LogP contribution is -2.23. The molecule has 2 heterocycles. The molecule has 7 nitrogen and oxygen atoms in total. The van der Waals surface area contributed by atoms with Crippen molar-refractivity contribution in [2.24, 2.45) is 7.05 Å². The third kappa shape index (κ3) is 1.99. The molecule has 7 heteroatoms. The van der Waals surface area contributed by atoms with Crippen molar-refractivity contribution in [2.75, 3.05) is 0 Å². The van der Waals surface area contributed by atoms with Crippen LogP contribution in [0.5, 0.6) is 0 Å². The Morgan fingerprint density at radius 3 is 2.85 bits per heavy atom. The van der Waals surface area contributed by atoms with Gasteiger partial charge in [-0.3, -0.25) is 4.57 Å². The van der Waals surface area contributed by atoms with E-state index in [0.29, 0.717) is 17.5 Å². The van der Waals surface area contributed by atoms with Crippen LogP contribution in [0.1, 0.15) is 16.1 Å². The predicted octanol–water partition coefficient (Wildman–Crippen LogP) is 1.07. The van der Waals surface area contributed by atoms with Crippen LogP contribution < -0.4 is 5.69 Å². The second-order valence-corrected chi connectivity index (χ2v) is 4.47. The first-order chi connectivity index (χ1) is 9.54. The number of aromatic carboxylic acids is 1. The van der Waals surface area contributed by atoms with Crippen LogP contribution in [0.3, 0.4) is 0 Å². The minimum atomic E-state index is -1.11. The average Bonchev–Trinajstić information content (AvgIpc) is 2.97. The van der Waals surface area contributed by atoms with Crippen molar-refractivity contribution in [1.29, 1.82) is 0 Å². The number of carbonyl (C=O) groups is 1. The highest BCUT2D eigenvalue weighted by Crippen LogP contribution is 2.21. The maximum Gasteiger partial charge on any atom is 0.371 e. The topological polar surface area (TPSA) is 90.3 Å². The highest BCUT2D eigenvalue weighted by molar-refractivity contribution is 5.91. The summed E-state index contributed by atoms with van der Waals surface area (Å²) in [6.45, 7) is 0.323. The van der Waals surface area contributed by atoms with Crippen LogP contribution in [0.4, 0.5) is 0 Å². The number of carboxylic acids is 1. The van der Waals surface area contributed by atoms with E-state index in [1.54, 1.807) is 25.2 Å². The van der Waals surface area contributed by atoms with Crippen LogP contribution in [0, 0.1) is 0 Å². The zero-order chi connectivity index (χ0) is 14.3. The van der Waals surface area contributed by atoms with Gasteiger partial charge in [0.15, 0.2) is 0 Å². The fourth-order valence-corrected chi connectivity index (χ4v) is 2.00. The molecule has 0 atom stereocenters. The number of rotatable bonds is 3. The molecule has 0 unspecified atom stereocenters. The molecule has 0 fully saturated rings. The standard InChI is InChI=1S/C13H11N3O4/c1-15-7-14-16(13(15)19)6-8-2-3-10-9(4-8)5-11(20-10)12(17)18/h2-5,7H,6H2,1H3,(H,17,18). The van der Waals surface area contributed by atoms with E-state index in [0.717, 1.165) is 5.56 Å². The molecule has 102 valence electrons. The summed E-state index contributed by atoms with van der Waals surface area (Å²) in [6.07, 6.45) is 1.45. The van der Waals surface area contributed by atoms with Gasteiger partial charge in [-0.25, -0.2) is 14.3 Å². The van der Waals surface area contributed by atoms with Gasteiger partial charge in [-0.1, -0.05) is 6.07 Å². The molecule has 0 spiro atoms. The Bertz CT molecular complexity index is 856. The van der Waals surface area contributed by atoms with Crippen molar-refractivity contribution in [3.63, 3.8) is 0 Å². The Kier molecular flexibility index (Phi) is 2.67. The molecule has 0 aliphatic carbocycles. The third-order valence-corrected chi connectivity index (χ3v) is 3.01. The smallest absolute Gasteiger partial charge is 0.371 e. The fourth-order valence-electron chi connectivity index (χ4n) is 2.00. The summed E-state index contributed by atoms with van der Waals surface area (Å²) in [5.41, 5.74) is 1.14. The molecule has 0 radical (unpaired) electrons. The molecule has 2 aromatic heterocycles. The van der Waals surface area contributed by atoms with Gasteiger partial charge in [0.25, 0.3) is 0 Å². The Balaban J connectivity index is 1.98. The maximum absolute atomic E-state index is 11.7. The quantitative estimate of drug-likeness (QED) is 0.771. The van der Waals surface area contributed by atoms with Gasteiger partial charge in [0.1, 0.15) is 11.9 Å². The number of benzene rings is 1. The van der Waals surface area contributed by atoms with Gasteiger partial charge >= 0.3 is 11.7 Å². The molecule has 0 saturated heterocycles. The highest BCUT2D eigenvalue weighted by atomic mass is 16.4. The zero-order valence-corrected chi connectivity index (χ0v) is 10.6. The first-order valence-corrected chi connectivity index (χ1v) is 5.89. The lowest BCUT2D eigenvalue weighted by Gasteiger charge is -2.00. The molecular formula is C13H11N3O4. The molecule has 3 rings (SSSR count). The number of aryl methyl sites for hydroxylation is 1. The third-order valence-electron chi connectivity index (χ3n) is 3.01. The van der Waals surface area contributed by atoms with Crippen LogP contribution >= 0.6 is 0 Å². The van der Waals surface area contributed by atoms with Gasteiger partial charge in [0, 0.05) is 12.4 Å². The van der Waals surface area contributed by atoms with Crippen molar-refractivity contribution < 1.29 is 14.3 Å². The van der Waals surface area contributed by atoms with E-state index in [1.807, 2.05) is 0 Å². The first-order valence-electron chi connectivity index (χ1n) is 5.89. The van der Waals surface area contributed by atoms with Crippen LogP contribution in [-0.4, -0.2) is 25.4 Å². The normalized spacial score (nSPS) is 11.1. The second-order valence-electron chi connectivity index (χ2n) is 4.47. The highest BCUT2D eigenvalue weighted by Gasteiger charge is 2.11. The summed E-state index contributed by atoms with van der Waals surface area (Å²) in [6, 6.07) is 6.71. The number of hydrogen-bond donors (Lipinski definition) is 1. The number of carboxylic acid groups (broad SMARTS) is 1. The molecule has 1 N–H and O–H groups in total. The predicted molar refractivity (Wildman–Crippen MR) is 69.7 cm³/mol. The molecule has 0 aliphatic rings. The van der Waals surface area contributed by atoms with Gasteiger partial charge in [0.2, 0.25) is 5.76 Å². The van der Waals surface area contributed by atoms with Gasteiger partial charge in [-0.05, 0) is 23.8 Å². The molecule has 3 aromatic rings. The van der Waals surface area contributed by atoms with E-state index in [1.165, 1.54) is 21.6 Å². The molecular weight excluding hydrogens is 262 g/mol. The first kappa shape index (κ1) is 12.2. The van der Waals surface area contributed by atoms with Gasteiger partial charge < -0.3 is 9.52 Å². The minimum Gasteiger partial charge on any atom is -0.475 e. The molecule has 1 aromatic carbocycles. The maximum atomic E-state index is 11.7. The lowest BCUT2D eigenvalue weighted by molar-refractivity contribution is 0.0665. The Morgan fingerprint density at radius 1 is 1.40 bits per heavy atom. The van der Waals surface area contributed by atoms with Crippen molar-refractivity contribution in [1.82, 2.24) is 14.3 Å². The van der Waals surface area contributed by atoms with Gasteiger partial charge in [-0.2, -0.15) is 5.10 Å². The summed E-state index contributed by atoms with van der Waals surface area (Å²) >= 11 is 0. The molecule has 0 aliphatic heterocycles. The largest absolute Gasteiger partial charge is 0.475 e. The molecule has 0 saturated carbocycles. The van der Waals surface area contributed by atoms with Crippen molar-refractivity contribution in [3.8, 4) is 0 Å². The van der Waals surface area contributed by atoms with Gasteiger partial charge in [-0.15, -0.1) is 0 Å². The van der Waals surface area contributed by atoms with E-state index in [4.69, 9.17) is 9.52 Å². The number of fused-ring (bicyclic) bond motifs is 1.